The highest BCUT2D eigenvalue weighted by atomic mass is 19.1. The Morgan fingerprint density at radius 2 is 1.81 bits per heavy atom. The highest BCUT2D eigenvalue weighted by Crippen LogP contribution is 2.34. The van der Waals surface area contributed by atoms with Gasteiger partial charge < -0.3 is 0 Å². The predicted molar refractivity (Wildman–Crippen MR) is 84.4 cm³/mol. The van der Waals surface area contributed by atoms with E-state index in [1.807, 2.05) is 6.07 Å². The van der Waals surface area contributed by atoms with Gasteiger partial charge in [-0.15, -0.1) is 0 Å². The lowest BCUT2D eigenvalue weighted by molar-refractivity contribution is 0.249. The van der Waals surface area contributed by atoms with Crippen LogP contribution >= 0.6 is 0 Å². The fourth-order valence-corrected chi connectivity index (χ4v) is 3.48. The number of hydrogen-bond donors (Lipinski definition) is 0. The van der Waals surface area contributed by atoms with E-state index >= 15 is 0 Å². The first-order valence-electron chi connectivity index (χ1n) is 8.41. The number of rotatable bonds is 6. The average Bonchev–Trinajstić information content (AvgIpc) is 2.52. The molecule has 0 amide bonds. The predicted octanol–water partition coefficient (Wildman–Crippen LogP) is 5.63. The van der Waals surface area contributed by atoms with Gasteiger partial charge >= 0.3 is 0 Å². The fourth-order valence-electron chi connectivity index (χ4n) is 3.48. The van der Waals surface area contributed by atoms with E-state index in [0.29, 0.717) is 5.56 Å². The van der Waals surface area contributed by atoms with Gasteiger partial charge in [0.05, 0.1) is 11.6 Å². The molecule has 114 valence electrons. The van der Waals surface area contributed by atoms with Crippen LogP contribution in [0.25, 0.3) is 0 Å². The zero-order chi connectivity index (χ0) is 15.1. The van der Waals surface area contributed by atoms with Crippen molar-refractivity contribution in [2.75, 3.05) is 0 Å². The van der Waals surface area contributed by atoms with E-state index in [1.54, 1.807) is 12.1 Å². The summed E-state index contributed by atoms with van der Waals surface area (Å²) in [5, 5.41) is 8.76. The summed E-state index contributed by atoms with van der Waals surface area (Å²) < 4.78 is 13.8. The number of benzene rings is 1. The Hall–Kier alpha value is -1.36. The molecule has 0 N–H and O–H groups in total. The smallest absolute Gasteiger partial charge is 0.127 e. The summed E-state index contributed by atoms with van der Waals surface area (Å²) in [6.07, 6.45) is 11.3. The molecule has 1 aromatic rings. The molecule has 0 radical (unpaired) electrons. The molecule has 1 aliphatic carbocycles. The summed E-state index contributed by atoms with van der Waals surface area (Å²) in [5.74, 6) is 1.48. The number of hydrogen-bond acceptors (Lipinski definition) is 1. The molecular formula is C19H26FN. The topological polar surface area (TPSA) is 23.8 Å². The van der Waals surface area contributed by atoms with Crippen LogP contribution in [-0.2, 0) is 6.42 Å². The van der Waals surface area contributed by atoms with Gasteiger partial charge in [-0.05, 0) is 42.4 Å². The summed E-state index contributed by atoms with van der Waals surface area (Å²) >= 11 is 0. The molecule has 1 aliphatic rings. The second-order valence-electron chi connectivity index (χ2n) is 6.49. The second kappa shape index (κ2) is 8.17. The Morgan fingerprint density at radius 3 is 2.38 bits per heavy atom. The summed E-state index contributed by atoms with van der Waals surface area (Å²) in [4.78, 5) is 0. The molecule has 2 rings (SSSR count). The molecule has 0 atom stereocenters. The SMILES string of the molecule is CCCCC1CCC(CCc2ccc(C#N)cc2F)CC1. The molecule has 1 aromatic carbocycles. The van der Waals surface area contributed by atoms with Crippen LogP contribution < -0.4 is 0 Å². The maximum Gasteiger partial charge on any atom is 0.127 e. The average molecular weight is 287 g/mol. The zero-order valence-electron chi connectivity index (χ0n) is 13.1. The number of aryl methyl sites for hydroxylation is 1. The molecule has 1 saturated carbocycles. The largest absolute Gasteiger partial charge is 0.207 e. The van der Waals surface area contributed by atoms with Gasteiger partial charge in [-0.2, -0.15) is 5.26 Å². The van der Waals surface area contributed by atoms with Gasteiger partial charge in [0, 0.05) is 0 Å². The Bertz CT molecular complexity index is 481. The van der Waals surface area contributed by atoms with Gasteiger partial charge in [-0.25, -0.2) is 4.39 Å². The van der Waals surface area contributed by atoms with E-state index in [1.165, 1.54) is 51.0 Å². The van der Waals surface area contributed by atoms with Crippen LogP contribution in [0.1, 0.15) is 69.4 Å². The molecule has 0 saturated heterocycles. The van der Waals surface area contributed by atoms with Crippen molar-refractivity contribution in [3.05, 3.63) is 35.1 Å². The molecule has 2 heteroatoms. The van der Waals surface area contributed by atoms with Crippen LogP contribution in [0.15, 0.2) is 18.2 Å². The lowest BCUT2D eigenvalue weighted by Gasteiger charge is -2.28. The van der Waals surface area contributed by atoms with Crippen molar-refractivity contribution in [2.24, 2.45) is 11.8 Å². The van der Waals surface area contributed by atoms with E-state index in [4.69, 9.17) is 5.26 Å². The van der Waals surface area contributed by atoms with E-state index in [9.17, 15) is 4.39 Å². The summed E-state index contributed by atoms with van der Waals surface area (Å²) in [7, 11) is 0. The molecular weight excluding hydrogens is 261 g/mol. The van der Waals surface area contributed by atoms with Gasteiger partial charge in [-0.3, -0.25) is 0 Å². The Labute approximate surface area is 128 Å². The molecule has 0 spiro atoms. The quantitative estimate of drug-likeness (QED) is 0.665. The van der Waals surface area contributed by atoms with Crippen molar-refractivity contribution in [1.29, 1.82) is 5.26 Å². The van der Waals surface area contributed by atoms with E-state index < -0.39 is 0 Å². The molecule has 0 heterocycles. The van der Waals surface area contributed by atoms with Crippen LogP contribution in [0.5, 0.6) is 0 Å². The first-order valence-corrected chi connectivity index (χ1v) is 8.41. The molecule has 1 fully saturated rings. The lowest BCUT2D eigenvalue weighted by atomic mass is 9.78. The third-order valence-electron chi connectivity index (χ3n) is 4.94. The Balaban J connectivity index is 1.76. The van der Waals surface area contributed by atoms with Crippen molar-refractivity contribution in [1.82, 2.24) is 0 Å². The van der Waals surface area contributed by atoms with Crippen molar-refractivity contribution in [2.45, 2.75) is 64.7 Å². The van der Waals surface area contributed by atoms with Gasteiger partial charge in [0.2, 0.25) is 0 Å². The summed E-state index contributed by atoms with van der Waals surface area (Å²) in [6.45, 7) is 2.26. The second-order valence-corrected chi connectivity index (χ2v) is 6.49. The van der Waals surface area contributed by atoms with Crippen molar-refractivity contribution in [3.63, 3.8) is 0 Å². The van der Waals surface area contributed by atoms with Gasteiger partial charge in [0.25, 0.3) is 0 Å². The molecule has 0 unspecified atom stereocenters. The number of nitrogens with zero attached hydrogens (tertiary/aromatic N) is 1. The first kappa shape index (κ1) is 16.0. The minimum atomic E-state index is -0.217. The molecule has 0 aromatic heterocycles. The van der Waals surface area contributed by atoms with Gasteiger partial charge in [0.1, 0.15) is 5.82 Å². The standard InChI is InChI=1S/C19H26FN/c1-2-3-4-15-5-7-16(8-6-15)9-11-18-12-10-17(14-21)13-19(18)20/h10,12-13,15-16H,2-9,11H2,1H3. The third-order valence-corrected chi connectivity index (χ3v) is 4.94. The normalized spacial score (nSPS) is 22.0. The fraction of sp³-hybridized carbons (Fsp3) is 0.632. The number of nitriles is 1. The van der Waals surface area contributed by atoms with Gasteiger partial charge in [0.15, 0.2) is 0 Å². The zero-order valence-corrected chi connectivity index (χ0v) is 13.1. The Kier molecular flexibility index (Phi) is 6.23. The number of halogens is 1. The van der Waals surface area contributed by atoms with Crippen molar-refractivity contribution in [3.8, 4) is 6.07 Å². The van der Waals surface area contributed by atoms with Crippen molar-refractivity contribution >= 4 is 0 Å². The van der Waals surface area contributed by atoms with E-state index in [-0.39, 0.29) is 5.82 Å². The van der Waals surface area contributed by atoms with Crippen molar-refractivity contribution < 1.29 is 4.39 Å². The highest BCUT2D eigenvalue weighted by Gasteiger charge is 2.20. The highest BCUT2D eigenvalue weighted by molar-refractivity contribution is 5.32. The molecule has 21 heavy (non-hydrogen) atoms. The lowest BCUT2D eigenvalue weighted by Crippen LogP contribution is -2.15. The van der Waals surface area contributed by atoms with Crippen LogP contribution in [0.4, 0.5) is 4.39 Å². The Morgan fingerprint density at radius 1 is 1.14 bits per heavy atom. The van der Waals surface area contributed by atoms with Crippen LogP contribution in [0.2, 0.25) is 0 Å². The first-order chi connectivity index (χ1) is 10.2. The molecule has 1 nitrogen and oxygen atoms in total. The third kappa shape index (κ3) is 4.84. The van der Waals surface area contributed by atoms with Crippen LogP contribution in [-0.4, -0.2) is 0 Å². The van der Waals surface area contributed by atoms with E-state index in [2.05, 4.69) is 6.92 Å². The van der Waals surface area contributed by atoms with Crippen LogP contribution in [0, 0.1) is 29.0 Å². The summed E-state index contributed by atoms with van der Waals surface area (Å²) in [6, 6.07) is 6.84. The maximum atomic E-state index is 13.8. The summed E-state index contributed by atoms with van der Waals surface area (Å²) in [5.41, 5.74) is 1.18. The molecule has 0 aliphatic heterocycles. The minimum absolute atomic E-state index is 0.217. The monoisotopic (exact) mass is 287 g/mol. The molecule has 0 bridgehead atoms. The van der Waals surface area contributed by atoms with Crippen LogP contribution in [0.3, 0.4) is 0 Å². The maximum absolute atomic E-state index is 13.8. The van der Waals surface area contributed by atoms with E-state index in [0.717, 1.165) is 30.2 Å². The number of unbranched alkanes of at least 4 members (excludes halogenated alkanes) is 1. The van der Waals surface area contributed by atoms with Gasteiger partial charge in [-0.1, -0.05) is 57.9 Å². The minimum Gasteiger partial charge on any atom is -0.207 e.